The zero-order valence-electron chi connectivity index (χ0n) is 9.61. The summed E-state index contributed by atoms with van der Waals surface area (Å²) in [6.45, 7) is 0. The number of nitrogens with zero attached hydrogens (tertiary/aromatic N) is 1. The van der Waals surface area contributed by atoms with Crippen LogP contribution in [0.15, 0.2) is 48.5 Å². The van der Waals surface area contributed by atoms with Crippen LogP contribution in [0.3, 0.4) is 0 Å². The molecule has 0 amide bonds. The van der Waals surface area contributed by atoms with Crippen LogP contribution < -0.4 is 4.74 Å². The first-order chi connectivity index (χ1) is 9.00. The number of halogens is 3. The van der Waals surface area contributed by atoms with Crippen molar-refractivity contribution in [1.29, 1.82) is 5.26 Å². The summed E-state index contributed by atoms with van der Waals surface area (Å²) in [5, 5.41) is 8.63. The van der Waals surface area contributed by atoms with Crippen molar-refractivity contribution in [2.45, 2.75) is 6.18 Å². The highest BCUT2D eigenvalue weighted by molar-refractivity contribution is 5.41. The fourth-order valence-corrected chi connectivity index (χ4v) is 1.51. The molecule has 19 heavy (non-hydrogen) atoms. The van der Waals surface area contributed by atoms with Gasteiger partial charge >= 0.3 is 6.18 Å². The van der Waals surface area contributed by atoms with Crippen molar-refractivity contribution in [3.05, 3.63) is 59.7 Å². The third-order valence-electron chi connectivity index (χ3n) is 2.40. The predicted octanol–water partition coefficient (Wildman–Crippen LogP) is 4.37. The number of para-hydroxylation sites is 1. The summed E-state index contributed by atoms with van der Waals surface area (Å²) >= 11 is 0. The number of rotatable bonds is 2. The molecule has 2 rings (SSSR count). The summed E-state index contributed by atoms with van der Waals surface area (Å²) in [6.07, 6.45) is -4.47. The van der Waals surface area contributed by atoms with Gasteiger partial charge in [-0.2, -0.15) is 18.4 Å². The van der Waals surface area contributed by atoms with Gasteiger partial charge in [0.25, 0.3) is 0 Å². The third kappa shape index (κ3) is 3.05. The quantitative estimate of drug-likeness (QED) is 0.806. The smallest absolute Gasteiger partial charge is 0.419 e. The van der Waals surface area contributed by atoms with E-state index in [9.17, 15) is 13.2 Å². The Morgan fingerprint density at radius 3 is 2.16 bits per heavy atom. The fourth-order valence-electron chi connectivity index (χ4n) is 1.51. The molecule has 96 valence electrons. The summed E-state index contributed by atoms with van der Waals surface area (Å²) in [6, 6.07) is 12.7. The minimum absolute atomic E-state index is 0.246. The molecule has 0 saturated carbocycles. The molecular formula is C14H8F3NO. The first-order valence-corrected chi connectivity index (χ1v) is 5.35. The Bertz CT molecular complexity index is 612. The van der Waals surface area contributed by atoms with E-state index in [4.69, 9.17) is 10.00 Å². The van der Waals surface area contributed by atoms with E-state index in [-0.39, 0.29) is 11.5 Å². The van der Waals surface area contributed by atoms with Gasteiger partial charge in [-0.05, 0) is 36.4 Å². The molecule has 2 nitrogen and oxygen atoms in total. The molecule has 2 aromatic rings. The van der Waals surface area contributed by atoms with Crippen molar-refractivity contribution in [2.75, 3.05) is 0 Å². The number of hydrogen-bond acceptors (Lipinski definition) is 2. The van der Waals surface area contributed by atoms with Gasteiger partial charge in [0, 0.05) is 0 Å². The van der Waals surface area contributed by atoms with Crippen molar-refractivity contribution in [3.63, 3.8) is 0 Å². The van der Waals surface area contributed by atoms with Crippen molar-refractivity contribution in [1.82, 2.24) is 0 Å². The van der Waals surface area contributed by atoms with Gasteiger partial charge in [-0.15, -0.1) is 0 Å². The Kier molecular flexibility index (Phi) is 3.43. The van der Waals surface area contributed by atoms with E-state index in [2.05, 4.69) is 0 Å². The molecular weight excluding hydrogens is 255 g/mol. The first-order valence-electron chi connectivity index (χ1n) is 5.35. The zero-order valence-corrected chi connectivity index (χ0v) is 9.61. The maximum absolute atomic E-state index is 12.7. The van der Waals surface area contributed by atoms with Gasteiger partial charge in [0.2, 0.25) is 0 Å². The standard InChI is InChI=1S/C14H8F3NO/c15-14(16,17)12-3-1-2-4-13(12)19-11-7-5-10(9-18)6-8-11/h1-8H. The second-order valence-corrected chi connectivity index (χ2v) is 3.73. The topological polar surface area (TPSA) is 33.0 Å². The molecule has 0 spiro atoms. The highest BCUT2D eigenvalue weighted by atomic mass is 19.4. The molecule has 0 radical (unpaired) electrons. The molecule has 0 saturated heterocycles. The van der Waals surface area contributed by atoms with Crippen LogP contribution >= 0.6 is 0 Å². The van der Waals surface area contributed by atoms with Gasteiger partial charge in [-0.25, -0.2) is 0 Å². The van der Waals surface area contributed by atoms with Gasteiger partial charge in [-0.1, -0.05) is 12.1 Å². The highest BCUT2D eigenvalue weighted by Gasteiger charge is 2.34. The van der Waals surface area contributed by atoms with Gasteiger partial charge < -0.3 is 4.74 Å². The summed E-state index contributed by atoms with van der Waals surface area (Å²) in [7, 11) is 0. The molecule has 0 aromatic heterocycles. The second kappa shape index (κ2) is 5.02. The van der Waals surface area contributed by atoms with Crippen LogP contribution in [0.4, 0.5) is 13.2 Å². The van der Waals surface area contributed by atoms with Crippen LogP contribution in [0.2, 0.25) is 0 Å². The molecule has 0 heterocycles. The van der Waals surface area contributed by atoms with E-state index < -0.39 is 11.7 Å². The van der Waals surface area contributed by atoms with Crippen LogP contribution in [0, 0.1) is 11.3 Å². The van der Waals surface area contributed by atoms with Crippen LogP contribution in [-0.2, 0) is 6.18 Å². The highest BCUT2D eigenvalue weighted by Crippen LogP contribution is 2.37. The lowest BCUT2D eigenvalue weighted by molar-refractivity contribution is -0.138. The first kappa shape index (κ1) is 13.0. The van der Waals surface area contributed by atoms with Crippen molar-refractivity contribution >= 4 is 0 Å². The lowest BCUT2D eigenvalue weighted by atomic mass is 10.2. The maximum Gasteiger partial charge on any atom is 0.419 e. The SMILES string of the molecule is N#Cc1ccc(Oc2ccccc2C(F)(F)F)cc1. The van der Waals surface area contributed by atoms with Gasteiger partial charge in [0.1, 0.15) is 11.5 Å². The second-order valence-electron chi connectivity index (χ2n) is 3.73. The molecule has 0 N–H and O–H groups in total. The number of ether oxygens (including phenoxy) is 1. The van der Waals surface area contributed by atoms with E-state index in [1.165, 1.54) is 42.5 Å². The van der Waals surface area contributed by atoms with Crippen LogP contribution in [0.25, 0.3) is 0 Å². The number of alkyl halides is 3. The minimum Gasteiger partial charge on any atom is -0.457 e. The van der Waals surface area contributed by atoms with Gasteiger partial charge in [0.15, 0.2) is 0 Å². The largest absolute Gasteiger partial charge is 0.457 e. The average Bonchev–Trinajstić information content (AvgIpc) is 2.39. The van der Waals surface area contributed by atoms with Crippen LogP contribution in [0.5, 0.6) is 11.5 Å². The molecule has 5 heteroatoms. The summed E-state index contributed by atoms with van der Waals surface area (Å²) in [4.78, 5) is 0. The van der Waals surface area contributed by atoms with Crippen molar-refractivity contribution in [3.8, 4) is 17.6 Å². The molecule has 0 atom stereocenters. The summed E-state index contributed by atoms with van der Waals surface area (Å²) in [5.41, 5.74) is -0.421. The Labute approximate surface area is 107 Å². The lowest BCUT2D eigenvalue weighted by Gasteiger charge is -2.13. The normalized spacial score (nSPS) is 10.8. The van der Waals surface area contributed by atoms with Gasteiger partial charge in [-0.3, -0.25) is 0 Å². The number of benzene rings is 2. The predicted molar refractivity (Wildman–Crippen MR) is 62.7 cm³/mol. The van der Waals surface area contributed by atoms with Gasteiger partial charge in [0.05, 0.1) is 17.2 Å². The number of hydrogen-bond donors (Lipinski definition) is 0. The Morgan fingerprint density at radius 1 is 0.947 bits per heavy atom. The molecule has 2 aromatic carbocycles. The van der Waals surface area contributed by atoms with E-state index in [0.29, 0.717) is 5.56 Å². The summed E-state index contributed by atoms with van der Waals surface area (Å²) in [5.74, 6) is -0.0181. The summed E-state index contributed by atoms with van der Waals surface area (Å²) < 4.78 is 43.4. The van der Waals surface area contributed by atoms with Crippen LogP contribution in [0.1, 0.15) is 11.1 Å². The molecule has 0 unspecified atom stereocenters. The van der Waals surface area contributed by atoms with Crippen LogP contribution in [-0.4, -0.2) is 0 Å². The molecule has 0 fully saturated rings. The van der Waals surface area contributed by atoms with Crippen molar-refractivity contribution < 1.29 is 17.9 Å². The monoisotopic (exact) mass is 263 g/mol. The molecule has 0 aliphatic heterocycles. The molecule has 0 aliphatic carbocycles. The van der Waals surface area contributed by atoms with Crippen molar-refractivity contribution in [2.24, 2.45) is 0 Å². The van der Waals surface area contributed by atoms with E-state index in [1.807, 2.05) is 6.07 Å². The third-order valence-corrected chi connectivity index (χ3v) is 2.40. The zero-order chi connectivity index (χ0) is 13.9. The fraction of sp³-hybridized carbons (Fsp3) is 0.0714. The Balaban J connectivity index is 2.31. The van der Waals surface area contributed by atoms with E-state index in [1.54, 1.807) is 0 Å². The van der Waals surface area contributed by atoms with E-state index >= 15 is 0 Å². The molecule has 0 aliphatic rings. The molecule has 0 bridgehead atoms. The average molecular weight is 263 g/mol. The Morgan fingerprint density at radius 2 is 1.58 bits per heavy atom. The minimum atomic E-state index is -4.47. The Hall–Kier alpha value is -2.48. The number of nitriles is 1. The van der Waals surface area contributed by atoms with E-state index in [0.717, 1.165) is 6.07 Å². The maximum atomic E-state index is 12.7. The lowest BCUT2D eigenvalue weighted by Crippen LogP contribution is -2.06.